The van der Waals surface area contributed by atoms with Crippen LogP contribution < -0.4 is 16.6 Å². The van der Waals surface area contributed by atoms with Crippen LogP contribution in [0.2, 0.25) is 0 Å². The van der Waals surface area contributed by atoms with Crippen LogP contribution in [0.1, 0.15) is 30.3 Å². The van der Waals surface area contributed by atoms with Crippen molar-refractivity contribution < 1.29 is 19.1 Å². The van der Waals surface area contributed by atoms with Crippen LogP contribution in [0.5, 0.6) is 0 Å². The highest BCUT2D eigenvalue weighted by Gasteiger charge is 2.43. The van der Waals surface area contributed by atoms with Gasteiger partial charge >= 0.3 is 11.7 Å². The molecule has 3 N–H and O–H groups in total. The number of imidazole rings is 1. The number of aliphatic carboxylic acids is 1. The molecule has 4 aromatic rings. The Balaban J connectivity index is 1.55. The third-order valence-electron chi connectivity index (χ3n) is 6.50. The van der Waals surface area contributed by atoms with E-state index < -0.39 is 29.0 Å². The number of carboxylic acid groups (broad SMARTS) is 1. The van der Waals surface area contributed by atoms with Crippen molar-refractivity contribution in [2.75, 3.05) is 5.32 Å². The number of hydrogen-bond donors (Lipinski definition) is 3. The van der Waals surface area contributed by atoms with Gasteiger partial charge in [0.05, 0.1) is 12.5 Å². The quantitative estimate of drug-likeness (QED) is 0.336. The fourth-order valence-corrected chi connectivity index (χ4v) is 4.49. The summed E-state index contributed by atoms with van der Waals surface area (Å²) in [6, 6.07) is 13.0. The van der Waals surface area contributed by atoms with E-state index in [4.69, 9.17) is 0 Å². The highest BCUT2D eigenvalue weighted by Crippen LogP contribution is 2.39. The van der Waals surface area contributed by atoms with E-state index in [1.807, 2.05) is 12.1 Å². The summed E-state index contributed by atoms with van der Waals surface area (Å²) in [5.74, 6) is -2.05. The minimum absolute atomic E-state index is 0.0829. The number of hydrogen-bond acceptors (Lipinski definition) is 5. The van der Waals surface area contributed by atoms with Crippen molar-refractivity contribution in [1.29, 1.82) is 0 Å². The Hall–Kier alpha value is -4.54. The molecule has 1 saturated carbocycles. The number of benzene rings is 2. The van der Waals surface area contributed by atoms with Gasteiger partial charge in [-0.15, -0.1) is 0 Å². The first-order valence-electron chi connectivity index (χ1n) is 11.8. The third-order valence-corrected chi connectivity index (χ3v) is 6.50. The first-order valence-corrected chi connectivity index (χ1v) is 11.8. The van der Waals surface area contributed by atoms with Crippen LogP contribution >= 0.6 is 0 Å². The highest BCUT2D eigenvalue weighted by molar-refractivity contribution is 5.88. The fourth-order valence-electron chi connectivity index (χ4n) is 4.49. The summed E-state index contributed by atoms with van der Waals surface area (Å²) in [5, 5.41) is 12.0. The van der Waals surface area contributed by atoms with Crippen molar-refractivity contribution >= 4 is 28.7 Å². The van der Waals surface area contributed by atoms with Crippen molar-refractivity contribution in [3.63, 3.8) is 0 Å². The fraction of sp³-hybridized carbons (Fsp3) is 0.269. The standard InChI is InChI=1S/C26H24FN5O5/c1-14(33)28-18-8-6-15(7-9-18)10-21-29-22-23(30-21)31(13-17-11-19(17)25(35)36)26(37)32(24(22)34)12-16-4-2-3-5-20(16)27/h2-9,17,19H,10-13H2,1H3,(H,28,33)(H,29,30)(H,35,36)/t17?,19-/m0/s1. The van der Waals surface area contributed by atoms with Gasteiger partial charge in [-0.05, 0) is 36.1 Å². The molecule has 1 aliphatic carbocycles. The van der Waals surface area contributed by atoms with Crippen LogP contribution in [0.3, 0.4) is 0 Å². The van der Waals surface area contributed by atoms with E-state index in [0.29, 0.717) is 24.4 Å². The number of anilines is 1. The van der Waals surface area contributed by atoms with Gasteiger partial charge in [0.15, 0.2) is 5.65 Å². The second-order valence-electron chi connectivity index (χ2n) is 9.25. The minimum atomic E-state index is -0.931. The van der Waals surface area contributed by atoms with Crippen LogP contribution in [-0.4, -0.2) is 36.1 Å². The number of halogens is 1. The van der Waals surface area contributed by atoms with Gasteiger partial charge in [0, 0.05) is 31.1 Å². The lowest BCUT2D eigenvalue weighted by molar-refractivity contribution is -0.138. The highest BCUT2D eigenvalue weighted by atomic mass is 19.1. The molecule has 2 aromatic heterocycles. The smallest absolute Gasteiger partial charge is 0.333 e. The maximum Gasteiger partial charge on any atom is 0.333 e. The average Bonchev–Trinajstić information content (AvgIpc) is 3.52. The number of carboxylic acids is 1. The Kier molecular flexibility index (Phi) is 6.20. The number of aromatic amines is 1. The van der Waals surface area contributed by atoms with Gasteiger partial charge in [0.1, 0.15) is 17.2 Å². The second kappa shape index (κ2) is 9.49. The van der Waals surface area contributed by atoms with Gasteiger partial charge in [-0.25, -0.2) is 14.2 Å². The Labute approximate surface area is 209 Å². The Morgan fingerprint density at radius 2 is 1.86 bits per heavy atom. The maximum atomic E-state index is 14.3. The molecule has 1 aliphatic rings. The predicted octanol–water partition coefficient (Wildman–Crippen LogP) is 2.34. The summed E-state index contributed by atoms with van der Waals surface area (Å²) in [6.45, 7) is 1.23. The molecule has 5 rings (SSSR count). The molecule has 10 nitrogen and oxygen atoms in total. The van der Waals surface area contributed by atoms with Gasteiger partial charge in [-0.3, -0.25) is 23.5 Å². The first-order chi connectivity index (χ1) is 17.7. The van der Waals surface area contributed by atoms with Crippen molar-refractivity contribution in [2.45, 2.75) is 32.9 Å². The number of fused-ring (bicyclic) bond motifs is 1. The average molecular weight is 506 g/mol. The van der Waals surface area contributed by atoms with E-state index in [1.54, 1.807) is 18.2 Å². The zero-order valence-electron chi connectivity index (χ0n) is 19.9. The largest absolute Gasteiger partial charge is 0.481 e. The lowest BCUT2D eigenvalue weighted by atomic mass is 10.1. The van der Waals surface area contributed by atoms with Gasteiger partial charge in [0.2, 0.25) is 5.91 Å². The summed E-state index contributed by atoms with van der Waals surface area (Å²) in [5.41, 5.74) is 0.597. The molecule has 2 atom stereocenters. The van der Waals surface area contributed by atoms with Crippen LogP contribution in [0, 0.1) is 17.7 Å². The van der Waals surface area contributed by atoms with E-state index in [9.17, 15) is 28.7 Å². The number of rotatable bonds is 8. The molecule has 190 valence electrons. The van der Waals surface area contributed by atoms with Crippen LogP contribution in [0.4, 0.5) is 10.1 Å². The summed E-state index contributed by atoms with van der Waals surface area (Å²) in [4.78, 5) is 56.9. The molecule has 0 radical (unpaired) electrons. The number of aromatic nitrogens is 4. The van der Waals surface area contributed by atoms with Gasteiger partial charge < -0.3 is 15.4 Å². The monoisotopic (exact) mass is 505 g/mol. The van der Waals surface area contributed by atoms with E-state index in [2.05, 4.69) is 15.3 Å². The number of carbonyl (C=O) groups is 2. The molecule has 0 aliphatic heterocycles. The van der Waals surface area contributed by atoms with Gasteiger partial charge in [-0.2, -0.15) is 0 Å². The Morgan fingerprint density at radius 1 is 1.14 bits per heavy atom. The zero-order valence-corrected chi connectivity index (χ0v) is 19.9. The maximum absolute atomic E-state index is 14.3. The molecular weight excluding hydrogens is 481 g/mol. The summed E-state index contributed by atoms with van der Waals surface area (Å²) in [6.07, 6.45) is 0.741. The Morgan fingerprint density at radius 3 is 2.51 bits per heavy atom. The van der Waals surface area contributed by atoms with Gasteiger partial charge in [-0.1, -0.05) is 30.3 Å². The first kappa shape index (κ1) is 24.2. The topological polar surface area (TPSA) is 139 Å². The number of H-pyrrole nitrogens is 1. The summed E-state index contributed by atoms with van der Waals surface area (Å²) < 4.78 is 16.6. The third kappa shape index (κ3) is 4.92. The number of nitrogens with zero attached hydrogens (tertiary/aromatic N) is 3. The molecular formula is C26H24FN5O5. The predicted molar refractivity (Wildman–Crippen MR) is 133 cm³/mol. The molecule has 37 heavy (non-hydrogen) atoms. The van der Waals surface area contributed by atoms with Crippen molar-refractivity contribution in [3.8, 4) is 0 Å². The second-order valence-corrected chi connectivity index (χ2v) is 9.25. The molecule has 1 amide bonds. The van der Waals surface area contributed by atoms with E-state index in [-0.39, 0.29) is 41.6 Å². The van der Waals surface area contributed by atoms with Gasteiger partial charge in [0.25, 0.3) is 5.56 Å². The lowest BCUT2D eigenvalue weighted by Crippen LogP contribution is -2.41. The SMILES string of the molecule is CC(=O)Nc1ccc(Cc2nc3c([nH]2)c(=O)n(Cc2ccccc2F)c(=O)n3CC2C[C@@H]2C(=O)O)cc1. The van der Waals surface area contributed by atoms with E-state index >= 15 is 0 Å². The minimum Gasteiger partial charge on any atom is -0.481 e. The molecule has 0 saturated heterocycles. The van der Waals surface area contributed by atoms with Crippen molar-refractivity contribution in [1.82, 2.24) is 19.1 Å². The normalized spacial score (nSPS) is 16.6. The zero-order chi connectivity index (χ0) is 26.3. The number of nitrogens with one attached hydrogen (secondary N) is 2. The van der Waals surface area contributed by atoms with Crippen LogP contribution in [0.15, 0.2) is 58.1 Å². The molecule has 0 bridgehead atoms. The summed E-state index contributed by atoms with van der Waals surface area (Å²) in [7, 11) is 0. The molecule has 11 heteroatoms. The van der Waals surface area contributed by atoms with Crippen LogP contribution in [-0.2, 0) is 29.1 Å². The van der Waals surface area contributed by atoms with Crippen molar-refractivity contribution in [3.05, 3.63) is 92.1 Å². The molecule has 1 unspecified atom stereocenters. The molecule has 0 spiro atoms. The molecule has 2 heterocycles. The van der Waals surface area contributed by atoms with Crippen LogP contribution in [0.25, 0.3) is 11.2 Å². The summed E-state index contributed by atoms with van der Waals surface area (Å²) >= 11 is 0. The number of amides is 1. The molecule has 2 aromatic carbocycles. The molecule has 1 fully saturated rings. The lowest BCUT2D eigenvalue weighted by Gasteiger charge is -2.11. The van der Waals surface area contributed by atoms with E-state index in [0.717, 1.165) is 10.1 Å². The number of carbonyl (C=O) groups excluding carboxylic acids is 1. The van der Waals surface area contributed by atoms with E-state index in [1.165, 1.54) is 29.7 Å². The van der Waals surface area contributed by atoms with Crippen molar-refractivity contribution in [2.24, 2.45) is 11.8 Å². The Bertz CT molecular complexity index is 1640.